The van der Waals surface area contributed by atoms with Crippen molar-refractivity contribution in [2.45, 2.75) is 19.3 Å². The highest BCUT2D eigenvalue weighted by molar-refractivity contribution is 9.10. The molecule has 0 unspecified atom stereocenters. The maximum atomic E-state index is 9.16. The Hall–Kier alpha value is -15.5. The Morgan fingerprint density at radius 3 is 0.909 bits per heavy atom. The first-order chi connectivity index (χ1) is 65.1. The van der Waals surface area contributed by atoms with Crippen LogP contribution in [0.15, 0.2) is 474 Å². The summed E-state index contributed by atoms with van der Waals surface area (Å²) in [5, 5.41) is 28.3. The first-order valence-corrected chi connectivity index (χ1v) is 46.5. The number of nitrogens with zero attached hydrogens (tertiary/aromatic N) is 3. The Kier molecular flexibility index (Phi) is 21.4. The highest BCUT2D eigenvalue weighted by atomic mass is 79.9. The molecule has 24 aromatic rings. The Morgan fingerprint density at radius 2 is 0.485 bits per heavy atom. The summed E-state index contributed by atoms with van der Waals surface area (Å²) in [5.74, 6) is 0. The molecular formula is C123H84BBr2N3O3. The molecule has 20 aromatic carbocycles. The molecule has 0 amide bonds. The number of benzene rings is 20. The van der Waals surface area contributed by atoms with Crippen LogP contribution in [-0.2, 0) is 19.3 Å². The van der Waals surface area contributed by atoms with E-state index in [2.05, 4.69) is 440 Å². The summed E-state index contributed by atoms with van der Waals surface area (Å²) in [6, 6.07) is 164. The summed E-state index contributed by atoms with van der Waals surface area (Å²) < 4.78 is 15.0. The monoisotopic (exact) mass is 1820 g/mol. The van der Waals surface area contributed by atoms with E-state index in [1.807, 2.05) is 60.7 Å². The van der Waals surface area contributed by atoms with Gasteiger partial charge in [0.15, 0.2) is 0 Å². The molecule has 0 spiro atoms. The molecule has 0 saturated carbocycles. The maximum absolute atomic E-state index is 9.16. The molecule has 2 N–H and O–H groups in total. The minimum Gasteiger partial charge on any atom is -0.456 e. The normalized spacial score (nSPS) is 11.8. The molecule has 0 bridgehead atoms. The molecule has 27 rings (SSSR count). The lowest BCUT2D eigenvalue weighted by molar-refractivity contribution is 0.426. The molecule has 3 aliphatic carbocycles. The van der Waals surface area contributed by atoms with Crippen molar-refractivity contribution in [1.82, 2.24) is 13.7 Å². The Labute approximate surface area is 782 Å². The Morgan fingerprint density at radius 1 is 0.197 bits per heavy atom. The molecule has 4 heterocycles. The van der Waals surface area contributed by atoms with Gasteiger partial charge in [0, 0.05) is 69.1 Å². The van der Waals surface area contributed by atoms with Gasteiger partial charge in [-0.2, -0.15) is 0 Å². The zero-order chi connectivity index (χ0) is 88.3. The lowest BCUT2D eigenvalue weighted by Crippen LogP contribution is -2.29. The van der Waals surface area contributed by atoms with Gasteiger partial charge in [-0.3, -0.25) is 0 Å². The van der Waals surface area contributed by atoms with E-state index in [1.165, 1.54) is 205 Å². The van der Waals surface area contributed by atoms with Crippen LogP contribution < -0.4 is 5.46 Å². The van der Waals surface area contributed by atoms with E-state index in [-0.39, 0.29) is 0 Å². The molecule has 0 atom stereocenters. The number of aromatic nitrogens is 3. The maximum Gasteiger partial charge on any atom is 0.488 e. The van der Waals surface area contributed by atoms with Crippen LogP contribution in [0.25, 0.3) is 193 Å². The van der Waals surface area contributed by atoms with Gasteiger partial charge >= 0.3 is 7.12 Å². The van der Waals surface area contributed by atoms with E-state index in [0.29, 0.717) is 5.46 Å². The lowest BCUT2D eigenvalue weighted by Gasteiger charge is -2.11. The standard InChI is InChI=1S/2C37H25N.C24H16BrN.C13H11BO2.C12H7BrO/c2*1-2-8-25(9-3-1)26-16-19-31(20-17-26)38-36-13-7-6-12-33(36)34-21-18-28(24-37(34)38)27-14-15-30-22-29-10-4-5-11-32(29)35(30)23-27;25-19-12-15-22-21-8-4-5-9-23(21)26(24(22)16-19)20-13-10-18(11-14-20)17-6-2-1-3-7-17;15-14(16)11-6-5-10-7-9-3-1-2-4-12(9)13(10)8-11;13-8-5-6-12-10(7-8)9-3-1-2-4-11(9)14-12/h2*1-21,23-24H,22H2;1-16H;1-6,8,15-16H,7H2;1-7H. The van der Waals surface area contributed by atoms with E-state index in [1.54, 1.807) is 6.07 Å². The van der Waals surface area contributed by atoms with E-state index >= 15 is 0 Å². The van der Waals surface area contributed by atoms with Gasteiger partial charge in [0.25, 0.3) is 0 Å². The van der Waals surface area contributed by atoms with Crippen LogP contribution in [0.3, 0.4) is 0 Å². The van der Waals surface area contributed by atoms with Gasteiger partial charge < -0.3 is 28.2 Å². The topological polar surface area (TPSA) is 68.4 Å². The van der Waals surface area contributed by atoms with Crippen LogP contribution in [0, 0.1) is 0 Å². The molecular weight excluding hydrogens is 1740 g/mol. The van der Waals surface area contributed by atoms with Gasteiger partial charge in [-0.05, 0) is 262 Å². The van der Waals surface area contributed by atoms with Gasteiger partial charge in [-0.25, -0.2) is 0 Å². The summed E-state index contributed by atoms with van der Waals surface area (Å²) in [5.41, 5.74) is 41.8. The number of rotatable bonds is 9. The van der Waals surface area contributed by atoms with Gasteiger partial charge in [0.1, 0.15) is 11.2 Å². The Balaban J connectivity index is 0.0000000983. The molecule has 4 aromatic heterocycles. The molecule has 132 heavy (non-hydrogen) atoms. The quantitative estimate of drug-likeness (QED) is 0.142. The fraction of sp³-hybridized carbons (Fsp3) is 0.0244. The summed E-state index contributed by atoms with van der Waals surface area (Å²) in [4.78, 5) is 0. The third kappa shape index (κ3) is 15.3. The molecule has 0 aliphatic heterocycles. The number of fused-ring (bicyclic) bond motifs is 21. The van der Waals surface area contributed by atoms with E-state index in [4.69, 9.17) is 14.5 Å². The van der Waals surface area contributed by atoms with Crippen molar-refractivity contribution in [2.75, 3.05) is 0 Å². The lowest BCUT2D eigenvalue weighted by atomic mass is 9.79. The van der Waals surface area contributed by atoms with Crippen LogP contribution in [0.5, 0.6) is 0 Å². The van der Waals surface area contributed by atoms with Crippen LogP contribution in [0.2, 0.25) is 0 Å². The zero-order valence-corrected chi connectivity index (χ0v) is 75.1. The van der Waals surface area contributed by atoms with Crippen LogP contribution >= 0.6 is 31.9 Å². The average molecular weight is 1820 g/mol. The van der Waals surface area contributed by atoms with Crippen molar-refractivity contribution in [1.29, 1.82) is 0 Å². The summed E-state index contributed by atoms with van der Waals surface area (Å²) >= 11 is 7.09. The minimum absolute atomic E-state index is 0.551. The van der Waals surface area contributed by atoms with Crippen LogP contribution in [-0.4, -0.2) is 30.9 Å². The Bertz CT molecular complexity index is 8230. The third-order valence-electron chi connectivity index (χ3n) is 26.4. The molecule has 626 valence electrons. The fourth-order valence-corrected chi connectivity index (χ4v) is 20.7. The number of para-hydroxylation sites is 4. The first-order valence-electron chi connectivity index (χ1n) is 44.9. The average Bonchev–Trinajstić information content (AvgIpc) is 1.59. The number of furan rings is 1. The highest BCUT2D eigenvalue weighted by Crippen LogP contribution is 2.46. The van der Waals surface area contributed by atoms with Gasteiger partial charge in [0.05, 0.1) is 33.1 Å². The molecule has 6 nitrogen and oxygen atoms in total. The summed E-state index contributed by atoms with van der Waals surface area (Å²) in [6.07, 6.45) is 2.99. The second kappa shape index (κ2) is 34.9. The predicted octanol–water partition coefficient (Wildman–Crippen LogP) is 31.9. The first kappa shape index (κ1) is 81.1. The highest BCUT2D eigenvalue weighted by Gasteiger charge is 2.25. The van der Waals surface area contributed by atoms with Gasteiger partial charge in [-0.15, -0.1) is 0 Å². The van der Waals surface area contributed by atoms with E-state index < -0.39 is 7.12 Å². The molecule has 0 fully saturated rings. The summed E-state index contributed by atoms with van der Waals surface area (Å²) in [7, 11) is -1.39. The SMILES string of the molecule is Brc1ccc2c3ccccc3n(-c3ccc(-c4ccccc4)cc3)c2c1.Brc1ccc2oc3ccccc3c2c1.OB(O)c1ccc2c(c1)-c1ccccc1C2.c1ccc(-c2ccc(-n3c4ccccc4c4ccc(-c5ccc6c(c5)-c5ccccc5C6)cc43)cc2)cc1.c1ccc(-c2ccc(-n3c4ccccc4c4ccc(-c5ccc6c(c5)-c5ccccc5C6)cc43)cc2)cc1. The second-order valence-electron chi connectivity index (χ2n) is 34.2. The van der Waals surface area contributed by atoms with Crippen molar-refractivity contribution < 1.29 is 14.5 Å². The second-order valence-corrected chi connectivity index (χ2v) is 36.0. The minimum atomic E-state index is -1.39. The van der Waals surface area contributed by atoms with Crippen molar-refractivity contribution in [2.24, 2.45) is 0 Å². The zero-order valence-electron chi connectivity index (χ0n) is 72.0. The van der Waals surface area contributed by atoms with Gasteiger partial charge in [0.2, 0.25) is 0 Å². The fourth-order valence-electron chi connectivity index (χ4n) is 20.0. The van der Waals surface area contributed by atoms with Crippen LogP contribution in [0.4, 0.5) is 0 Å². The smallest absolute Gasteiger partial charge is 0.456 e. The van der Waals surface area contributed by atoms with Crippen molar-refractivity contribution >= 4 is 132 Å². The largest absolute Gasteiger partial charge is 0.488 e. The molecule has 0 radical (unpaired) electrons. The third-order valence-corrected chi connectivity index (χ3v) is 27.4. The number of hydrogen-bond acceptors (Lipinski definition) is 3. The van der Waals surface area contributed by atoms with E-state index in [9.17, 15) is 0 Å². The number of hydrogen-bond donors (Lipinski definition) is 2. The molecule has 9 heteroatoms. The number of halogens is 2. The van der Waals surface area contributed by atoms with Crippen molar-refractivity contribution in [3.63, 3.8) is 0 Å². The molecule has 0 saturated heterocycles. The predicted molar refractivity (Wildman–Crippen MR) is 560 cm³/mol. The molecule has 3 aliphatic rings. The van der Waals surface area contributed by atoms with E-state index in [0.717, 1.165) is 50.3 Å². The van der Waals surface area contributed by atoms with Crippen LogP contribution in [0.1, 0.15) is 33.4 Å². The summed E-state index contributed by atoms with van der Waals surface area (Å²) in [6.45, 7) is 0. The van der Waals surface area contributed by atoms with Crippen molar-refractivity contribution in [3.05, 3.63) is 503 Å². The van der Waals surface area contributed by atoms with Crippen molar-refractivity contribution in [3.8, 4) is 106 Å². The van der Waals surface area contributed by atoms with Gasteiger partial charge in [-0.1, -0.05) is 378 Å².